The van der Waals surface area contributed by atoms with Gasteiger partial charge in [-0.05, 0) is 42.9 Å². The van der Waals surface area contributed by atoms with Gasteiger partial charge in [0, 0.05) is 41.4 Å². The van der Waals surface area contributed by atoms with E-state index in [1.54, 1.807) is 16.8 Å². The lowest BCUT2D eigenvalue weighted by atomic mass is 9.76. The zero-order chi connectivity index (χ0) is 21.8. The van der Waals surface area contributed by atoms with Crippen molar-refractivity contribution in [3.05, 3.63) is 35.5 Å². The van der Waals surface area contributed by atoms with Crippen molar-refractivity contribution in [2.24, 2.45) is 5.41 Å². The molecule has 0 radical (unpaired) electrons. The summed E-state index contributed by atoms with van der Waals surface area (Å²) in [6.45, 7) is 5.70. The van der Waals surface area contributed by atoms with Crippen LogP contribution in [0.3, 0.4) is 0 Å². The average molecular weight is 424 g/mol. The van der Waals surface area contributed by atoms with E-state index in [-0.39, 0.29) is 12.5 Å². The number of nitrogens with zero attached hydrogens (tertiary/aromatic N) is 3. The zero-order valence-corrected chi connectivity index (χ0v) is 18.2. The van der Waals surface area contributed by atoms with Crippen LogP contribution in [-0.2, 0) is 22.4 Å². The molecule has 2 aliphatic rings. The quantitative estimate of drug-likeness (QED) is 0.599. The Balaban J connectivity index is 1.38. The fourth-order valence-electron chi connectivity index (χ4n) is 4.59. The van der Waals surface area contributed by atoms with E-state index in [1.807, 2.05) is 18.2 Å². The molecule has 0 bridgehead atoms. The van der Waals surface area contributed by atoms with Gasteiger partial charge in [0.25, 0.3) is 0 Å². The van der Waals surface area contributed by atoms with Gasteiger partial charge in [-0.1, -0.05) is 19.9 Å². The first-order chi connectivity index (χ1) is 14.8. The smallest absolute Gasteiger partial charge is 0.241 e. The largest absolute Gasteiger partial charge is 0.356 e. The van der Waals surface area contributed by atoms with Crippen molar-refractivity contribution in [2.45, 2.75) is 39.5 Å². The molecule has 164 valence electrons. The van der Waals surface area contributed by atoms with Crippen LogP contribution < -0.4 is 4.90 Å². The number of anilines is 1. The average Bonchev–Trinajstić information content (AvgIpc) is 3.44. The summed E-state index contributed by atoms with van der Waals surface area (Å²) in [6.07, 6.45) is 2.19. The van der Waals surface area contributed by atoms with Crippen LogP contribution in [0, 0.1) is 5.41 Å². The number of carbonyl (C=O) groups excluding carboxylic acids is 1. The number of rotatable bonds is 4. The molecule has 1 unspecified atom stereocenters. The van der Waals surface area contributed by atoms with Gasteiger partial charge in [-0.2, -0.15) is 5.10 Å². The van der Waals surface area contributed by atoms with Gasteiger partial charge >= 0.3 is 0 Å². The molecule has 1 aliphatic carbocycles. The Bertz CT molecular complexity index is 1130. The number of likely N-dealkylation sites (N-methyl/N-ethyl adjacent to an activating group) is 1. The summed E-state index contributed by atoms with van der Waals surface area (Å²) in [5.74, 6) is -0.0975. The van der Waals surface area contributed by atoms with Crippen LogP contribution in [0.2, 0.25) is 0 Å². The number of fused-ring (bicyclic) bond motifs is 2. The lowest BCUT2D eigenvalue weighted by Crippen LogP contribution is -2.41. The summed E-state index contributed by atoms with van der Waals surface area (Å²) in [7, 11) is 1.75. The Kier molecular flexibility index (Phi) is 4.88. The third kappa shape index (κ3) is 3.75. The third-order valence-corrected chi connectivity index (χ3v) is 6.58. The van der Waals surface area contributed by atoms with E-state index in [1.165, 1.54) is 11.3 Å². The second kappa shape index (κ2) is 7.47. The molecule has 1 fully saturated rings. The maximum Gasteiger partial charge on any atom is 0.241 e. The van der Waals surface area contributed by atoms with Crippen molar-refractivity contribution >= 4 is 22.5 Å². The molecule has 3 heterocycles. The van der Waals surface area contributed by atoms with Crippen LogP contribution in [0.1, 0.15) is 31.5 Å². The molecule has 1 saturated heterocycles. The van der Waals surface area contributed by atoms with Crippen molar-refractivity contribution in [3.8, 4) is 11.4 Å². The number of aliphatic hydroxyl groups excluding tert-OH is 1. The molecule has 3 N–H and O–H groups in total. The highest BCUT2D eigenvalue weighted by Crippen LogP contribution is 2.38. The number of carbonyl (C=O) groups is 1. The normalized spacial score (nSPS) is 20.8. The van der Waals surface area contributed by atoms with Crippen molar-refractivity contribution in [1.29, 1.82) is 0 Å². The van der Waals surface area contributed by atoms with E-state index in [0.717, 1.165) is 47.2 Å². The molecular weight excluding hydrogens is 394 g/mol. The number of amides is 1. The van der Waals surface area contributed by atoms with E-state index >= 15 is 0 Å². The maximum absolute atomic E-state index is 12.7. The van der Waals surface area contributed by atoms with Crippen LogP contribution in [0.4, 0.5) is 5.69 Å². The molecule has 1 atom stereocenters. The maximum atomic E-state index is 12.7. The number of benzene rings is 1. The van der Waals surface area contributed by atoms with E-state index < -0.39 is 6.41 Å². The summed E-state index contributed by atoms with van der Waals surface area (Å²) < 4.78 is 5.10. The Morgan fingerprint density at radius 2 is 2.23 bits per heavy atom. The van der Waals surface area contributed by atoms with E-state index in [2.05, 4.69) is 35.1 Å². The van der Waals surface area contributed by atoms with Crippen molar-refractivity contribution in [2.75, 3.05) is 31.6 Å². The van der Waals surface area contributed by atoms with Gasteiger partial charge in [0.1, 0.15) is 5.69 Å². The SMILES string of the molecule is CN(C(=O)CN1CCOC1O)c1ccc2cc(-c3n[nH]c4c3CCC(C)(C)C4)[nH]c2c1. The number of hydrogen-bond donors (Lipinski definition) is 3. The molecule has 0 spiro atoms. The first-order valence-electron chi connectivity index (χ1n) is 10.8. The van der Waals surface area contributed by atoms with Gasteiger partial charge < -0.3 is 19.7 Å². The third-order valence-electron chi connectivity index (χ3n) is 6.58. The minimum atomic E-state index is -1.00. The zero-order valence-electron chi connectivity index (χ0n) is 18.2. The number of H-pyrrole nitrogens is 2. The lowest BCUT2D eigenvalue weighted by Gasteiger charge is -2.28. The van der Waals surface area contributed by atoms with Gasteiger partial charge in [-0.25, -0.2) is 4.90 Å². The number of aromatic amines is 2. The molecule has 1 aliphatic heterocycles. The molecule has 5 rings (SSSR count). The Morgan fingerprint density at radius 3 is 3.00 bits per heavy atom. The minimum absolute atomic E-state index is 0.0975. The van der Waals surface area contributed by atoms with Gasteiger partial charge in [0.15, 0.2) is 0 Å². The van der Waals surface area contributed by atoms with E-state index in [4.69, 9.17) is 4.74 Å². The fourth-order valence-corrected chi connectivity index (χ4v) is 4.59. The van der Waals surface area contributed by atoms with Crippen molar-refractivity contribution in [3.63, 3.8) is 0 Å². The number of aliphatic hydroxyl groups is 1. The molecule has 31 heavy (non-hydrogen) atoms. The lowest BCUT2D eigenvalue weighted by molar-refractivity contribution is -0.143. The molecule has 2 aromatic heterocycles. The summed E-state index contributed by atoms with van der Waals surface area (Å²) in [4.78, 5) is 19.4. The van der Waals surface area contributed by atoms with Gasteiger partial charge in [0.05, 0.1) is 18.8 Å². The minimum Gasteiger partial charge on any atom is -0.356 e. The molecule has 8 heteroatoms. The predicted molar refractivity (Wildman–Crippen MR) is 119 cm³/mol. The molecule has 1 amide bonds. The fraction of sp³-hybridized carbons (Fsp3) is 0.478. The van der Waals surface area contributed by atoms with Crippen LogP contribution >= 0.6 is 0 Å². The summed E-state index contributed by atoms with van der Waals surface area (Å²) in [5.41, 5.74) is 6.61. The molecule has 0 saturated carbocycles. The second-order valence-electron chi connectivity index (χ2n) is 9.45. The first-order valence-corrected chi connectivity index (χ1v) is 10.8. The van der Waals surface area contributed by atoms with Crippen molar-refractivity contribution < 1.29 is 14.6 Å². The molecule has 1 aromatic carbocycles. The van der Waals surface area contributed by atoms with Crippen LogP contribution in [0.15, 0.2) is 24.3 Å². The highest BCUT2D eigenvalue weighted by atomic mass is 16.6. The van der Waals surface area contributed by atoms with Gasteiger partial charge in [0.2, 0.25) is 12.3 Å². The highest BCUT2D eigenvalue weighted by Gasteiger charge is 2.30. The van der Waals surface area contributed by atoms with E-state index in [9.17, 15) is 9.90 Å². The van der Waals surface area contributed by atoms with Gasteiger partial charge in [-0.15, -0.1) is 0 Å². The Hall–Kier alpha value is -2.68. The van der Waals surface area contributed by atoms with Gasteiger partial charge in [-0.3, -0.25) is 9.89 Å². The van der Waals surface area contributed by atoms with Crippen LogP contribution in [0.5, 0.6) is 0 Å². The summed E-state index contributed by atoms with van der Waals surface area (Å²) in [5, 5.41) is 18.7. The highest BCUT2D eigenvalue weighted by molar-refractivity contribution is 5.97. The Morgan fingerprint density at radius 1 is 1.39 bits per heavy atom. The predicted octanol–water partition coefficient (Wildman–Crippen LogP) is 2.64. The van der Waals surface area contributed by atoms with E-state index in [0.29, 0.717) is 18.6 Å². The first kappa shape index (κ1) is 20.2. The topological polar surface area (TPSA) is 97.5 Å². The summed E-state index contributed by atoms with van der Waals surface area (Å²) in [6, 6.07) is 8.06. The number of nitrogens with one attached hydrogen (secondary N) is 2. The monoisotopic (exact) mass is 423 g/mol. The molecular formula is C23H29N5O3. The second-order valence-corrected chi connectivity index (χ2v) is 9.45. The van der Waals surface area contributed by atoms with Crippen LogP contribution in [0.25, 0.3) is 22.3 Å². The van der Waals surface area contributed by atoms with Crippen LogP contribution in [-0.4, -0.2) is 64.3 Å². The van der Waals surface area contributed by atoms with Crippen molar-refractivity contribution in [1.82, 2.24) is 20.1 Å². The Labute approximate surface area is 181 Å². The number of aromatic nitrogens is 3. The molecule has 3 aromatic rings. The standard InChI is InChI=1S/C23H29N5O3/c1-23(2)7-6-16-19(12-23)25-26-21(16)18-10-14-4-5-15(11-17(14)24-18)27(3)20(29)13-28-8-9-31-22(28)30/h4-5,10-11,22,24,30H,6-9,12-13H2,1-3H3,(H,25,26). The number of hydrogen-bond acceptors (Lipinski definition) is 5. The summed E-state index contributed by atoms with van der Waals surface area (Å²) >= 11 is 0. The molecule has 8 nitrogen and oxygen atoms in total. The number of ether oxygens (including phenoxy) is 1.